The average Bonchev–Trinajstić information content (AvgIpc) is 3.67. The van der Waals surface area contributed by atoms with Crippen molar-refractivity contribution in [2.45, 2.75) is 349 Å². The minimum atomic E-state index is -4.95. The molecular formula is C67H130O17P2. The maximum Gasteiger partial charge on any atom is 0.472 e. The van der Waals surface area contributed by atoms with Crippen LogP contribution < -0.4 is 0 Å². The summed E-state index contributed by atoms with van der Waals surface area (Å²) in [6.45, 7) is 11.7. The first kappa shape index (κ1) is 84.1. The largest absolute Gasteiger partial charge is 0.472 e. The Morgan fingerprint density at radius 1 is 0.326 bits per heavy atom. The molecule has 0 spiro atoms. The number of aliphatic hydroxyl groups excluding tert-OH is 1. The van der Waals surface area contributed by atoms with E-state index in [0.717, 1.165) is 120 Å². The van der Waals surface area contributed by atoms with Crippen molar-refractivity contribution in [3.63, 3.8) is 0 Å². The van der Waals surface area contributed by atoms with Gasteiger partial charge in [0.2, 0.25) is 0 Å². The van der Waals surface area contributed by atoms with E-state index in [1.807, 2.05) is 0 Å². The second-order valence-electron chi connectivity index (χ2n) is 24.9. The Kier molecular flexibility index (Phi) is 56.9. The molecule has 0 aromatic heterocycles. The summed E-state index contributed by atoms with van der Waals surface area (Å²) in [7, 11) is -9.89. The Hall–Kier alpha value is -1.94. The monoisotopic (exact) mass is 1270 g/mol. The lowest BCUT2D eigenvalue weighted by atomic mass is 10.00. The van der Waals surface area contributed by atoms with Gasteiger partial charge in [0.25, 0.3) is 0 Å². The zero-order valence-electron chi connectivity index (χ0n) is 55.8. The van der Waals surface area contributed by atoms with E-state index in [-0.39, 0.29) is 25.7 Å². The third kappa shape index (κ3) is 57.2. The summed E-state index contributed by atoms with van der Waals surface area (Å²) in [6.07, 6.45) is 40.4. The van der Waals surface area contributed by atoms with Crippen LogP contribution in [0.1, 0.15) is 331 Å². The predicted octanol–water partition coefficient (Wildman–Crippen LogP) is 18.7. The summed E-state index contributed by atoms with van der Waals surface area (Å²) < 4.78 is 68.1. The molecule has 0 aliphatic rings. The smallest absolute Gasteiger partial charge is 0.462 e. The lowest BCUT2D eigenvalue weighted by Gasteiger charge is -2.21. The molecule has 0 rings (SSSR count). The van der Waals surface area contributed by atoms with E-state index in [1.165, 1.54) is 128 Å². The number of hydrogen-bond donors (Lipinski definition) is 3. The van der Waals surface area contributed by atoms with Crippen molar-refractivity contribution < 1.29 is 80.2 Å². The van der Waals surface area contributed by atoms with Crippen molar-refractivity contribution in [3.8, 4) is 0 Å². The van der Waals surface area contributed by atoms with Gasteiger partial charge >= 0.3 is 39.5 Å². The molecule has 0 amide bonds. The van der Waals surface area contributed by atoms with Crippen LogP contribution in [0.4, 0.5) is 0 Å². The molecule has 0 bridgehead atoms. The minimum absolute atomic E-state index is 0.102. The van der Waals surface area contributed by atoms with Gasteiger partial charge in [-0.1, -0.05) is 280 Å². The van der Waals surface area contributed by atoms with Crippen LogP contribution in [0.15, 0.2) is 0 Å². The van der Waals surface area contributed by atoms with Crippen LogP contribution in [0, 0.1) is 17.8 Å². The molecule has 5 unspecified atom stereocenters. The van der Waals surface area contributed by atoms with Crippen LogP contribution >= 0.6 is 15.6 Å². The topological polar surface area (TPSA) is 237 Å². The van der Waals surface area contributed by atoms with Gasteiger partial charge in [-0.15, -0.1) is 0 Å². The highest BCUT2D eigenvalue weighted by Gasteiger charge is 2.30. The molecule has 17 nitrogen and oxygen atoms in total. The summed E-state index contributed by atoms with van der Waals surface area (Å²) in [4.78, 5) is 72.3. The number of rotatable bonds is 65. The van der Waals surface area contributed by atoms with Crippen LogP contribution in [0.2, 0.25) is 0 Å². The highest BCUT2D eigenvalue weighted by atomic mass is 31.2. The van der Waals surface area contributed by atoms with Crippen molar-refractivity contribution in [1.82, 2.24) is 0 Å². The number of unbranched alkanes of at least 4 members (excludes halogenated alkanes) is 30. The lowest BCUT2D eigenvalue weighted by molar-refractivity contribution is -0.161. The van der Waals surface area contributed by atoms with E-state index in [1.54, 1.807) is 0 Å². The molecule has 0 fully saturated rings. The molecule has 0 saturated heterocycles. The van der Waals surface area contributed by atoms with E-state index in [2.05, 4.69) is 48.5 Å². The Morgan fingerprint density at radius 2 is 0.558 bits per heavy atom. The Balaban J connectivity index is 5.24. The zero-order chi connectivity index (χ0) is 63.8. The molecule has 0 aliphatic carbocycles. The molecule has 86 heavy (non-hydrogen) atoms. The summed E-state index contributed by atoms with van der Waals surface area (Å²) in [6, 6.07) is 0. The van der Waals surface area contributed by atoms with Gasteiger partial charge in [-0.25, -0.2) is 9.13 Å². The quantitative estimate of drug-likeness (QED) is 0.0222. The summed E-state index contributed by atoms with van der Waals surface area (Å²) in [5, 5.41) is 10.6. The highest BCUT2D eigenvalue weighted by molar-refractivity contribution is 7.47. The first-order chi connectivity index (χ1) is 41.3. The predicted molar refractivity (Wildman–Crippen MR) is 344 cm³/mol. The first-order valence-electron chi connectivity index (χ1n) is 35.0. The van der Waals surface area contributed by atoms with Crippen LogP contribution in [-0.4, -0.2) is 96.7 Å². The molecule has 0 saturated carbocycles. The molecule has 3 N–H and O–H groups in total. The molecule has 0 aliphatic heterocycles. The maximum atomic E-state index is 13.0. The van der Waals surface area contributed by atoms with Crippen LogP contribution in [0.3, 0.4) is 0 Å². The van der Waals surface area contributed by atoms with Gasteiger partial charge in [0, 0.05) is 25.7 Å². The van der Waals surface area contributed by atoms with E-state index < -0.39 is 97.5 Å². The van der Waals surface area contributed by atoms with E-state index >= 15 is 0 Å². The van der Waals surface area contributed by atoms with E-state index in [4.69, 9.17) is 37.0 Å². The fourth-order valence-corrected chi connectivity index (χ4v) is 11.5. The molecular weight excluding hydrogens is 1140 g/mol. The number of carbonyl (C=O) groups excluding carboxylic acids is 4. The molecule has 19 heteroatoms. The van der Waals surface area contributed by atoms with Crippen molar-refractivity contribution in [1.29, 1.82) is 0 Å². The molecule has 0 heterocycles. The number of phosphoric ester groups is 2. The van der Waals surface area contributed by atoms with E-state index in [9.17, 15) is 43.2 Å². The zero-order valence-corrected chi connectivity index (χ0v) is 57.6. The number of hydrogen-bond acceptors (Lipinski definition) is 15. The lowest BCUT2D eigenvalue weighted by Crippen LogP contribution is -2.30. The van der Waals surface area contributed by atoms with Gasteiger partial charge < -0.3 is 33.8 Å². The molecule has 510 valence electrons. The number of carbonyl (C=O) groups is 4. The van der Waals surface area contributed by atoms with Gasteiger partial charge in [0.05, 0.1) is 26.4 Å². The molecule has 8 atom stereocenters. The normalized spacial score (nSPS) is 15.2. The molecule has 0 aromatic rings. The van der Waals surface area contributed by atoms with Gasteiger partial charge in [-0.2, -0.15) is 0 Å². The highest BCUT2D eigenvalue weighted by Crippen LogP contribution is 2.45. The second kappa shape index (κ2) is 58.2. The summed E-state index contributed by atoms with van der Waals surface area (Å²) in [5.41, 5.74) is 0. The Bertz CT molecular complexity index is 1700. The Labute approximate surface area is 524 Å². The third-order valence-electron chi connectivity index (χ3n) is 16.5. The van der Waals surface area contributed by atoms with Crippen molar-refractivity contribution in [2.24, 2.45) is 17.8 Å². The maximum absolute atomic E-state index is 13.0. The van der Waals surface area contributed by atoms with Crippen LogP contribution in [0.25, 0.3) is 0 Å². The minimum Gasteiger partial charge on any atom is -0.462 e. The first-order valence-corrected chi connectivity index (χ1v) is 38.0. The van der Waals surface area contributed by atoms with Crippen LogP contribution in [-0.2, 0) is 65.4 Å². The van der Waals surface area contributed by atoms with Gasteiger partial charge in [0.1, 0.15) is 19.3 Å². The fraction of sp³-hybridized carbons (Fsp3) is 0.940. The number of aliphatic hydroxyl groups is 1. The number of esters is 4. The van der Waals surface area contributed by atoms with Crippen molar-refractivity contribution in [2.75, 3.05) is 39.6 Å². The number of phosphoric acid groups is 2. The molecule has 0 radical (unpaired) electrons. The second-order valence-corrected chi connectivity index (χ2v) is 27.8. The summed E-state index contributed by atoms with van der Waals surface area (Å²) in [5.74, 6) is 0.0465. The van der Waals surface area contributed by atoms with Crippen molar-refractivity contribution in [3.05, 3.63) is 0 Å². The third-order valence-corrected chi connectivity index (χ3v) is 18.4. The average molecular weight is 1270 g/mol. The number of ether oxygens (including phenoxy) is 4. The van der Waals surface area contributed by atoms with E-state index in [0.29, 0.717) is 25.7 Å². The molecule has 0 aromatic carbocycles. The SMILES string of the molecule is CCCCCCCCCCCCCCCCCCC(=O)O[C@H](COC(=O)CCCCCCCCC(C)CC)COP(=O)(O)OC[C@@H](O)COP(=O)(O)OC[C@@H](COC(=O)CCCCCCCCC(C)CC)OC(=O)CCCCCCCCC(C)CC. The van der Waals surface area contributed by atoms with Crippen LogP contribution in [0.5, 0.6) is 0 Å². The Morgan fingerprint density at radius 3 is 0.826 bits per heavy atom. The summed E-state index contributed by atoms with van der Waals surface area (Å²) >= 11 is 0. The van der Waals surface area contributed by atoms with Gasteiger partial charge in [-0.3, -0.25) is 37.3 Å². The standard InChI is InChI=1S/C67H130O17P2/c1-8-12-13-14-15-16-17-18-19-20-21-22-23-24-36-43-50-66(71)83-62(54-77-64(69)48-41-34-28-25-31-38-45-58(5)9-2)56-81-85(73,74)79-52-61(68)53-80-86(75,76)82-57-63(84-67(72)51-44-37-30-27-33-40-47-60(7)11-4)55-78-65(70)49-42-35-29-26-32-39-46-59(6)10-3/h58-63,68H,8-57H2,1-7H3,(H,73,74)(H,75,76)/t58?,59?,60?,61-,62-,63-/m1/s1. The van der Waals surface area contributed by atoms with Crippen molar-refractivity contribution >= 4 is 39.5 Å². The van der Waals surface area contributed by atoms with Gasteiger partial charge in [-0.05, 0) is 43.4 Å². The fourth-order valence-electron chi connectivity index (χ4n) is 9.91. The van der Waals surface area contributed by atoms with Gasteiger partial charge in [0.15, 0.2) is 12.2 Å².